The molecule has 1 aromatic carbocycles. The number of nitrogens with two attached hydrogens (primary N) is 1. The maximum absolute atomic E-state index is 12.4. The van der Waals surface area contributed by atoms with Crippen LogP contribution < -0.4 is 11.1 Å². The minimum atomic E-state index is -0.436. The Bertz CT molecular complexity index is 674. The Morgan fingerprint density at radius 1 is 1.48 bits per heavy atom. The highest BCUT2D eigenvalue weighted by atomic mass is 79.9. The first-order chi connectivity index (χ1) is 10.4. The lowest BCUT2D eigenvalue weighted by molar-refractivity contribution is 0.0883. The summed E-state index contributed by atoms with van der Waals surface area (Å²) in [6.07, 6.45) is 3.28. The fourth-order valence-corrected chi connectivity index (χ4v) is 2.35. The van der Waals surface area contributed by atoms with Gasteiger partial charge >= 0.3 is 0 Å². The lowest BCUT2D eigenvalue weighted by Crippen LogP contribution is -2.54. The normalized spacial score (nSPS) is 13.3. The zero-order chi connectivity index (χ0) is 16.3. The molecule has 2 rings (SSSR count). The molecule has 0 fully saturated rings. The first-order valence-corrected chi connectivity index (χ1v) is 7.98. The molecule has 1 heterocycles. The summed E-state index contributed by atoms with van der Waals surface area (Å²) in [6.45, 7) is 6.42. The van der Waals surface area contributed by atoms with Crippen molar-refractivity contribution in [2.24, 2.45) is 11.7 Å². The molecule has 0 radical (unpaired) electrons. The predicted molar refractivity (Wildman–Crippen MR) is 98.3 cm³/mol. The molecule has 0 aliphatic heterocycles. The average molecular weight is 402 g/mol. The Balaban J connectivity index is 0.00000264. The van der Waals surface area contributed by atoms with E-state index in [-0.39, 0.29) is 24.2 Å². The van der Waals surface area contributed by atoms with E-state index >= 15 is 0 Å². The largest absolute Gasteiger partial charge is 0.345 e. The van der Waals surface area contributed by atoms with Crippen LogP contribution in [0.3, 0.4) is 0 Å². The van der Waals surface area contributed by atoms with Gasteiger partial charge in [-0.15, -0.1) is 12.4 Å². The fraction of sp³-hybridized carbons (Fsp3) is 0.375. The molecule has 7 heteroatoms. The SMILES string of the molecule is CC(C)C(C)(CN)NC(=O)c1cnn(-c2cccc(Br)c2)c1.Cl. The third-order valence-electron chi connectivity index (χ3n) is 4.01. The van der Waals surface area contributed by atoms with Gasteiger partial charge in [0.05, 0.1) is 23.0 Å². The number of aromatic nitrogens is 2. The van der Waals surface area contributed by atoms with E-state index in [9.17, 15) is 4.79 Å². The van der Waals surface area contributed by atoms with E-state index in [1.54, 1.807) is 17.1 Å². The van der Waals surface area contributed by atoms with E-state index in [1.165, 1.54) is 0 Å². The second-order valence-corrected chi connectivity index (χ2v) is 6.80. The quantitative estimate of drug-likeness (QED) is 0.808. The van der Waals surface area contributed by atoms with E-state index < -0.39 is 5.54 Å². The number of nitrogens with zero attached hydrogens (tertiary/aromatic N) is 2. The number of amides is 1. The van der Waals surface area contributed by atoms with Gasteiger partial charge in [0.1, 0.15) is 0 Å². The van der Waals surface area contributed by atoms with Crippen molar-refractivity contribution in [3.63, 3.8) is 0 Å². The number of halogens is 2. The van der Waals surface area contributed by atoms with Crippen molar-refractivity contribution in [3.8, 4) is 5.69 Å². The molecule has 1 atom stereocenters. The summed E-state index contributed by atoms with van der Waals surface area (Å²) in [6, 6.07) is 7.73. The molecular formula is C16H22BrClN4O. The van der Waals surface area contributed by atoms with Gasteiger partial charge in [0, 0.05) is 17.2 Å². The summed E-state index contributed by atoms with van der Waals surface area (Å²) in [5, 5.41) is 7.26. The van der Waals surface area contributed by atoms with Gasteiger partial charge < -0.3 is 11.1 Å². The number of hydrogen-bond donors (Lipinski definition) is 2. The summed E-state index contributed by atoms with van der Waals surface area (Å²) in [4.78, 5) is 12.4. The van der Waals surface area contributed by atoms with Crippen LogP contribution in [0.2, 0.25) is 0 Å². The summed E-state index contributed by atoms with van der Waals surface area (Å²) in [5.41, 5.74) is 6.77. The number of carbonyl (C=O) groups excluding carboxylic acids is 1. The van der Waals surface area contributed by atoms with Gasteiger partial charge in [0.2, 0.25) is 0 Å². The monoisotopic (exact) mass is 400 g/mol. The Labute approximate surface area is 151 Å². The molecule has 2 aromatic rings. The molecule has 5 nitrogen and oxygen atoms in total. The molecule has 0 bridgehead atoms. The number of nitrogens with one attached hydrogen (secondary N) is 1. The topological polar surface area (TPSA) is 72.9 Å². The molecule has 0 aliphatic rings. The van der Waals surface area contributed by atoms with E-state index in [1.807, 2.05) is 45.0 Å². The van der Waals surface area contributed by atoms with Crippen LogP contribution in [-0.2, 0) is 0 Å². The molecule has 3 N–H and O–H groups in total. The lowest BCUT2D eigenvalue weighted by atomic mass is 9.88. The minimum Gasteiger partial charge on any atom is -0.345 e. The highest BCUT2D eigenvalue weighted by molar-refractivity contribution is 9.10. The summed E-state index contributed by atoms with van der Waals surface area (Å²) in [5.74, 6) is 0.0736. The van der Waals surface area contributed by atoms with Crippen LogP contribution in [0, 0.1) is 5.92 Å². The van der Waals surface area contributed by atoms with Crippen LogP contribution in [-0.4, -0.2) is 27.8 Å². The molecule has 0 saturated carbocycles. The second-order valence-electron chi connectivity index (χ2n) is 5.88. The molecule has 0 saturated heterocycles. The second kappa shape index (κ2) is 7.95. The average Bonchev–Trinajstić information content (AvgIpc) is 2.97. The molecule has 0 aliphatic carbocycles. The van der Waals surface area contributed by atoms with Crippen LogP contribution >= 0.6 is 28.3 Å². The third-order valence-corrected chi connectivity index (χ3v) is 4.51. The Morgan fingerprint density at radius 3 is 2.74 bits per heavy atom. The van der Waals surface area contributed by atoms with Gasteiger partial charge in [-0.3, -0.25) is 4.79 Å². The molecule has 0 spiro atoms. The summed E-state index contributed by atoms with van der Waals surface area (Å²) >= 11 is 3.43. The highest BCUT2D eigenvalue weighted by Gasteiger charge is 2.29. The van der Waals surface area contributed by atoms with Crippen LogP contribution in [0.15, 0.2) is 41.1 Å². The Morgan fingerprint density at radius 2 is 2.17 bits per heavy atom. The highest BCUT2D eigenvalue weighted by Crippen LogP contribution is 2.17. The molecule has 1 unspecified atom stereocenters. The van der Waals surface area contributed by atoms with Gasteiger partial charge in [-0.2, -0.15) is 5.10 Å². The minimum absolute atomic E-state index is 0. The maximum Gasteiger partial charge on any atom is 0.254 e. The van der Waals surface area contributed by atoms with Crippen molar-refractivity contribution in [3.05, 3.63) is 46.7 Å². The number of carbonyl (C=O) groups is 1. The number of rotatable bonds is 5. The molecular weight excluding hydrogens is 380 g/mol. The van der Waals surface area contributed by atoms with Gasteiger partial charge in [-0.1, -0.05) is 35.8 Å². The van der Waals surface area contributed by atoms with Crippen molar-refractivity contribution in [1.29, 1.82) is 0 Å². The first-order valence-electron chi connectivity index (χ1n) is 7.19. The molecule has 1 amide bonds. The van der Waals surface area contributed by atoms with E-state index in [0.717, 1.165) is 10.2 Å². The van der Waals surface area contributed by atoms with Crippen LogP contribution in [0.25, 0.3) is 5.69 Å². The fourth-order valence-electron chi connectivity index (χ4n) is 1.96. The Hall–Kier alpha value is -1.37. The van der Waals surface area contributed by atoms with E-state index in [4.69, 9.17) is 5.73 Å². The van der Waals surface area contributed by atoms with Gasteiger partial charge in [-0.05, 0) is 31.0 Å². The van der Waals surface area contributed by atoms with E-state index in [0.29, 0.717) is 12.1 Å². The van der Waals surface area contributed by atoms with Crippen LogP contribution in [0.4, 0.5) is 0 Å². The third kappa shape index (κ3) is 4.56. The summed E-state index contributed by atoms with van der Waals surface area (Å²) in [7, 11) is 0. The molecule has 1 aromatic heterocycles. The van der Waals surface area contributed by atoms with Crippen LogP contribution in [0.1, 0.15) is 31.1 Å². The van der Waals surface area contributed by atoms with Crippen molar-refractivity contribution < 1.29 is 4.79 Å². The molecule has 23 heavy (non-hydrogen) atoms. The zero-order valence-corrected chi connectivity index (χ0v) is 15.8. The van der Waals surface area contributed by atoms with Gasteiger partial charge in [0.15, 0.2) is 0 Å². The van der Waals surface area contributed by atoms with E-state index in [2.05, 4.69) is 26.3 Å². The van der Waals surface area contributed by atoms with Crippen molar-refractivity contribution >= 4 is 34.2 Å². The Kier molecular flexibility index (Phi) is 6.80. The van der Waals surface area contributed by atoms with Crippen LogP contribution in [0.5, 0.6) is 0 Å². The number of benzene rings is 1. The van der Waals surface area contributed by atoms with Crippen molar-refractivity contribution in [2.45, 2.75) is 26.3 Å². The molecule has 126 valence electrons. The zero-order valence-electron chi connectivity index (χ0n) is 13.4. The lowest BCUT2D eigenvalue weighted by Gasteiger charge is -2.33. The predicted octanol–water partition coefficient (Wildman–Crippen LogP) is 3.16. The number of hydrogen-bond acceptors (Lipinski definition) is 3. The summed E-state index contributed by atoms with van der Waals surface area (Å²) < 4.78 is 2.64. The first kappa shape index (κ1) is 19.7. The van der Waals surface area contributed by atoms with Gasteiger partial charge in [-0.25, -0.2) is 4.68 Å². The smallest absolute Gasteiger partial charge is 0.254 e. The van der Waals surface area contributed by atoms with Gasteiger partial charge in [0.25, 0.3) is 5.91 Å². The van der Waals surface area contributed by atoms with Crippen molar-refractivity contribution in [2.75, 3.05) is 6.54 Å². The maximum atomic E-state index is 12.4. The van der Waals surface area contributed by atoms with Crippen molar-refractivity contribution in [1.82, 2.24) is 15.1 Å². The standard InChI is InChI=1S/C16H21BrN4O.ClH/c1-11(2)16(3,10-18)20-15(22)12-8-19-21(9-12)14-6-4-5-13(17)7-14;/h4-9,11H,10,18H2,1-3H3,(H,20,22);1H.